The van der Waals surface area contributed by atoms with Crippen LogP contribution < -0.4 is 10.1 Å². The molecule has 0 aliphatic heterocycles. The van der Waals surface area contributed by atoms with Crippen molar-refractivity contribution < 1.29 is 14.5 Å². The average molecular weight is 273 g/mol. The fourth-order valence-electron chi connectivity index (χ4n) is 1.39. The molecular formula is C11H13ClN2O4. The molecule has 0 radical (unpaired) electrons. The van der Waals surface area contributed by atoms with E-state index in [0.717, 1.165) is 0 Å². The molecule has 0 heterocycles. The minimum Gasteiger partial charge on any atom is -0.490 e. The molecule has 0 aliphatic carbocycles. The van der Waals surface area contributed by atoms with E-state index < -0.39 is 10.8 Å². The Hall–Kier alpha value is -1.82. The van der Waals surface area contributed by atoms with Crippen LogP contribution in [0.3, 0.4) is 0 Å². The number of methoxy groups -OCH3 is 1. The Morgan fingerprint density at radius 2 is 2.28 bits per heavy atom. The molecule has 1 amide bonds. The number of nitro benzene ring substituents is 1. The molecular weight excluding hydrogens is 260 g/mol. The van der Waals surface area contributed by atoms with Crippen molar-refractivity contribution in [3.63, 3.8) is 0 Å². The van der Waals surface area contributed by atoms with Crippen molar-refractivity contribution in [3.05, 3.63) is 33.9 Å². The predicted octanol–water partition coefficient (Wildman–Crippen LogP) is 1.96. The normalized spacial score (nSPS) is 11.7. The van der Waals surface area contributed by atoms with Gasteiger partial charge < -0.3 is 10.1 Å². The smallest absolute Gasteiger partial charge is 0.311 e. The van der Waals surface area contributed by atoms with Crippen molar-refractivity contribution >= 4 is 23.2 Å². The lowest BCUT2D eigenvalue weighted by molar-refractivity contribution is -0.385. The minimum absolute atomic E-state index is 0.0535. The molecule has 0 saturated carbocycles. The van der Waals surface area contributed by atoms with E-state index in [1.807, 2.05) is 0 Å². The SMILES string of the molecule is COc1c(C(=O)NCC(C)Cl)cccc1[N+](=O)[O-]. The predicted molar refractivity (Wildman–Crippen MR) is 67.3 cm³/mol. The quantitative estimate of drug-likeness (QED) is 0.505. The van der Waals surface area contributed by atoms with Crippen LogP contribution in [0.25, 0.3) is 0 Å². The van der Waals surface area contributed by atoms with E-state index in [1.54, 1.807) is 6.92 Å². The third-order valence-corrected chi connectivity index (χ3v) is 2.34. The van der Waals surface area contributed by atoms with Crippen LogP contribution in [0.2, 0.25) is 0 Å². The number of hydrogen-bond donors (Lipinski definition) is 1. The summed E-state index contributed by atoms with van der Waals surface area (Å²) in [5.41, 5.74) is -0.131. The molecule has 98 valence electrons. The van der Waals surface area contributed by atoms with Crippen LogP contribution in [0.4, 0.5) is 5.69 Å². The van der Waals surface area contributed by atoms with Gasteiger partial charge in [-0.25, -0.2) is 0 Å². The number of amides is 1. The molecule has 6 nitrogen and oxygen atoms in total. The Bertz CT molecular complexity index is 462. The van der Waals surface area contributed by atoms with Gasteiger partial charge in [-0.2, -0.15) is 0 Å². The molecule has 7 heteroatoms. The van der Waals surface area contributed by atoms with Crippen LogP contribution in [0.15, 0.2) is 18.2 Å². The van der Waals surface area contributed by atoms with Crippen molar-refractivity contribution in [2.24, 2.45) is 0 Å². The van der Waals surface area contributed by atoms with Gasteiger partial charge in [0.1, 0.15) is 0 Å². The first-order valence-electron chi connectivity index (χ1n) is 5.21. The molecule has 1 rings (SSSR count). The summed E-state index contributed by atoms with van der Waals surface area (Å²) in [5.74, 6) is -0.509. The molecule has 0 aliphatic rings. The van der Waals surface area contributed by atoms with Gasteiger partial charge in [-0.1, -0.05) is 6.07 Å². The Morgan fingerprint density at radius 3 is 2.78 bits per heavy atom. The zero-order chi connectivity index (χ0) is 13.7. The summed E-state index contributed by atoms with van der Waals surface area (Å²) in [4.78, 5) is 22.0. The zero-order valence-electron chi connectivity index (χ0n) is 9.97. The highest BCUT2D eigenvalue weighted by atomic mass is 35.5. The molecule has 1 unspecified atom stereocenters. The highest BCUT2D eigenvalue weighted by Crippen LogP contribution is 2.30. The number of benzene rings is 1. The van der Waals surface area contributed by atoms with E-state index >= 15 is 0 Å². The van der Waals surface area contributed by atoms with Gasteiger partial charge >= 0.3 is 5.69 Å². The van der Waals surface area contributed by atoms with Gasteiger partial charge in [0.15, 0.2) is 0 Å². The third kappa shape index (κ3) is 3.33. The van der Waals surface area contributed by atoms with Crippen molar-refractivity contribution in [1.82, 2.24) is 5.32 Å². The van der Waals surface area contributed by atoms with Crippen LogP contribution in [-0.4, -0.2) is 29.9 Å². The van der Waals surface area contributed by atoms with Crippen LogP contribution in [0.5, 0.6) is 5.75 Å². The summed E-state index contributed by atoms with van der Waals surface area (Å²) in [5, 5.41) is 13.1. The van der Waals surface area contributed by atoms with Crippen LogP contribution in [0, 0.1) is 10.1 Å². The molecule has 18 heavy (non-hydrogen) atoms. The fraction of sp³-hybridized carbons (Fsp3) is 0.364. The lowest BCUT2D eigenvalue weighted by Crippen LogP contribution is -2.28. The number of carbonyl (C=O) groups excluding carboxylic acids is 1. The molecule has 0 saturated heterocycles. The third-order valence-electron chi connectivity index (χ3n) is 2.18. The summed E-state index contributed by atoms with van der Waals surface area (Å²) in [6.07, 6.45) is 0. The number of alkyl halides is 1. The van der Waals surface area contributed by atoms with Crippen molar-refractivity contribution in [3.8, 4) is 5.75 Å². The van der Waals surface area contributed by atoms with Crippen LogP contribution in [-0.2, 0) is 0 Å². The molecule has 0 aromatic heterocycles. The second-order valence-corrected chi connectivity index (χ2v) is 4.35. The molecule has 1 N–H and O–H groups in total. The lowest BCUT2D eigenvalue weighted by atomic mass is 10.1. The first-order valence-corrected chi connectivity index (χ1v) is 5.64. The highest BCUT2D eigenvalue weighted by molar-refractivity contribution is 6.20. The number of carbonyl (C=O) groups is 1. The van der Waals surface area contributed by atoms with E-state index in [4.69, 9.17) is 16.3 Å². The highest BCUT2D eigenvalue weighted by Gasteiger charge is 2.22. The largest absolute Gasteiger partial charge is 0.490 e. The Kier molecular flexibility index (Phi) is 4.91. The van der Waals surface area contributed by atoms with Crippen LogP contribution in [0.1, 0.15) is 17.3 Å². The first kappa shape index (κ1) is 14.2. The number of nitrogens with one attached hydrogen (secondary N) is 1. The van der Waals surface area contributed by atoms with E-state index in [2.05, 4.69) is 5.32 Å². The number of halogens is 1. The van der Waals surface area contributed by atoms with Gasteiger partial charge in [0.05, 0.1) is 17.6 Å². The Morgan fingerprint density at radius 1 is 1.61 bits per heavy atom. The second kappa shape index (κ2) is 6.20. The molecule has 0 spiro atoms. The maximum atomic E-state index is 11.8. The number of para-hydroxylation sites is 1. The second-order valence-electron chi connectivity index (χ2n) is 3.61. The van der Waals surface area contributed by atoms with Gasteiger partial charge in [0, 0.05) is 18.0 Å². The van der Waals surface area contributed by atoms with Crippen molar-refractivity contribution in [2.75, 3.05) is 13.7 Å². The number of nitro groups is 1. The minimum atomic E-state index is -0.597. The summed E-state index contributed by atoms with van der Waals surface area (Å²) in [7, 11) is 1.28. The summed E-state index contributed by atoms with van der Waals surface area (Å²) in [6.45, 7) is 2.00. The van der Waals surface area contributed by atoms with Gasteiger partial charge in [0.2, 0.25) is 5.75 Å². The Balaban J connectivity index is 3.05. The molecule has 0 fully saturated rings. The van der Waals surface area contributed by atoms with Crippen molar-refractivity contribution in [2.45, 2.75) is 12.3 Å². The fourth-order valence-corrected chi connectivity index (χ4v) is 1.47. The van der Waals surface area contributed by atoms with Crippen molar-refractivity contribution in [1.29, 1.82) is 0 Å². The zero-order valence-corrected chi connectivity index (χ0v) is 10.7. The monoisotopic (exact) mass is 272 g/mol. The maximum absolute atomic E-state index is 11.8. The van der Waals surface area contributed by atoms with E-state index in [0.29, 0.717) is 0 Å². The standard InChI is InChI=1S/C11H13ClN2O4/c1-7(12)6-13-11(15)8-4-3-5-9(14(16)17)10(8)18-2/h3-5,7H,6H2,1-2H3,(H,13,15). The van der Waals surface area contributed by atoms with E-state index in [1.165, 1.54) is 25.3 Å². The lowest BCUT2D eigenvalue weighted by Gasteiger charge is -2.10. The number of ether oxygens (including phenoxy) is 1. The number of hydrogen-bond acceptors (Lipinski definition) is 4. The summed E-state index contributed by atoms with van der Waals surface area (Å²) in [6, 6.07) is 4.17. The molecule has 1 aromatic carbocycles. The number of rotatable bonds is 5. The van der Waals surface area contributed by atoms with Gasteiger partial charge in [-0.05, 0) is 13.0 Å². The average Bonchev–Trinajstić information content (AvgIpc) is 2.34. The van der Waals surface area contributed by atoms with Gasteiger partial charge in [0.25, 0.3) is 5.91 Å². The van der Waals surface area contributed by atoms with Gasteiger partial charge in [-0.3, -0.25) is 14.9 Å². The molecule has 0 bridgehead atoms. The molecule has 1 aromatic rings. The van der Waals surface area contributed by atoms with E-state index in [9.17, 15) is 14.9 Å². The first-order chi connectivity index (χ1) is 8.47. The number of nitrogens with zero attached hydrogens (tertiary/aromatic N) is 1. The summed E-state index contributed by atoms with van der Waals surface area (Å²) < 4.78 is 4.93. The van der Waals surface area contributed by atoms with E-state index in [-0.39, 0.29) is 28.9 Å². The maximum Gasteiger partial charge on any atom is 0.311 e. The topological polar surface area (TPSA) is 81.5 Å². The van der Waals surface area contributed by atoms with Gasteiger partial charge in [-0.15, -0.1) is 11.6 Å². The van der Waals surface area contributed by atoms with Crippen LogP contribution >= 0.6 is 11.6 Å². The Labute approximate surface area is 109 Å². The molecule has 1 atom stereocenters. The summed E-state index contributed by atoms with van der Waals surface area (Å²) >= 11 is 5.71.